The number of H-pyrrole nitrogens is 3. The molecule has 6 rings (SSSR count). The Balaban J connectivity index is 0.000000709. The summed E-state index contributed by atoms with van der Waals surface area (Å²) in [6.07, 6.45) is 8.11. The summed E-state index contributed by atoms with van der Waals surface area (Å²) in [4.78, 5) is 141. The van der Waals surface area contributed by atoms with E-state index in [1.807, 2.05) is 114 Å². The van der Waals surface area contributed by atoms with E-state index in [4.69, 9.17) is 0 Å². The zero-order chi connectivity index (χ0) is 69.5. The molecule has 6 aromatic rings. The fourth-order valence-electron chi connectivity index (χ4n) is 10.7. The molecule has 33 heteroatoms. The van der Waals surface area contributed by atoms with E-state index in [-0.39, 0.29) is 210 Å². The van der Waals surface area contributed by atoms with Gasteiger partial charge in [-0.3, -0.25) is 44.0 Å². The van der Waals surface area contributed by atoms with Crippen molar-refractivity contribution in [1.82, 2.24) is 46.9 Å². The molecule has 0 aliphatic heterocycles. The summed E-state index contributed by atoms with van der Waals surface area (Å²) >= 11 is 0. The van der Waals surface area contributed by atoms with Gasteiger partial charge in [-0.05, 0) is 91.2 Å². The maximum Gasteiger partial charge on any atom is 1.00 e. The first-order valence-electron chi connectivity index (χ1n) is 31.2. The van der Waals surface area contributed by atoms with Crippen LogP contribution in [0, 0.1) is 17.8 Å². The second kappa shape index (κ2) is 44.8. The summed E-state index contributed by atoms with van der Waals surface area (Å²) in [6.45, 7) is 16.6. The Morgan fingerprint density at radius 3 is 0.802 bits per heavy atom. The van der Waals surface area contributed by atoms with Crippen molar-refractivity contribution in [3.05, 3.63) is 108 Å². The number of para-hydroxylation sites is 3. The molecule has 0 aliphatic rings. The van der Waals surface area contributed by atoms with Gasteiger partial charge in [-0.1, -0.05) is 136 Å². The Kier molecular flexibility index (Phi) is 43.1. The van der Waals surface area contributed by atoms with Crippen LogP contribution in [0.1, 0.15) is 137 Å². The Bertz CT molecular complexity index is 3190. The minimum absolute atomic E-state index is 0. The molecule has 0 radical (unpaired) electrons. The van der Waals surface area contributed by atoms with Crippen molar-refractivity contribution < 1.29 is 241 Å². The van der Waals surface area contributed by atoms with Crippen LogP contribution in [0.3, 0.4) is 0 Å². The number of aromatic nitrogens is 3. The van der Waals surface area contributed by atoms with Crippen molar-refractivity contribution in [1.29, 1.82) is 0 Å². The van der Waals surface area contributed by atoms with Gasteiger partial charge >= 0.3 is 177 Å². The molecule has 15 N–H and O–H groups in total. The third-order valence-corrected chi connectivity index (χ3v) is 18.9. The predicted molar refractivity (Wildman–Crippen MR) is 348 cm³/mol. The molecule has 3 unspecified atom stereocenters. The van der Waals surface area contributed by atoms with E-state index in [2.05, 4.69) is 46.9 Å². The third kappa shape index (κ3) is 31.1. The van der Waals surface area contributed by atoms with Gasteiger partial charge in [0.15, 0.2) is 0 Å². The Labute approximate surface area is 688 Å². The van der Waals surface area contributed by atoms with Crippen molar-refractivity contribution in [2.75, 3.05) is 0 Å². The number of aromatic amines is 3. The third-order valence-electron chi connectivity index (χ3n) is 15.3. The molecule has 27 nitrogen and oxygen atoms in total. The average molecular weight is 1470 g/mol. The van der Waals surface area contributed by atoms with E-state index in [0.29, 0.717) is 38.5 Å². The van der Waals surface area contributed by atoms with Gasteiger partial charge in [0.1, 0.15) is 17.3 Å². The number of fused-ring (bicyclic) bond motifs is 3. The summed E-state index contributed by atoms with van der Waals surface area (Å²) in [5, 5.41) is 53.6. The zero-order valence-corrected chi connectivity index (χ0v) is 69.1. The molecule has 9 atom stereocenters. The van der Waals surface area contributed by atoms with Gasteiger partial charge in [0.25, 0.3) is 0 Å². The SMILES string of the molecule is CCCC(N[C@@H](CC(C)C)C(=O)N[C@@H](Cc1c[nH]c2ccccc12)C(=O)[O-])P(=O)(O)O.CCCC(N[C@@H](CC(C)C)C(=O)N[C@@H](Cc1c[nH]c2ccccc12)C(=O)[O-])P(=O)(O)O.CCCC(N[C@@H](CC(C)C)C(=O)N[C@@H](Cc1c[nH]c2ccccc12)C(=O)[O-])P(=O)(O)O.[K+].[K+].[K+]. The normalized spacial score (nSPS) is 14.6. The molecule has 3 amide bonds. The molecular weight excluding hydrogens is 1380 g/mol. The van der Waals surface area contributed by atoms with E-state index in [1.54, 1.807) is 39.4 Å². The second-order valence-corrected chi connectivity index (χ2v) is 30.0. The van der Waals surface area contributed by atoms with Gasteiger partial charge in [-0.15, -0.1) is 0 Å². The number of rotatable bonds is 36. The van der Waals surface area contributed by atoms with Gasteiger partial charge in [0, 0.05) is 70.6 Å². The number of hydrogen-bond donors (Lipinski definition) is 15. The van der Waals surface area contributed by atoms with Crippen LogP contribution < -0.4 is 201 Å². The van der Waals surface area contributed by atoms with Crippen molar-refractivity contribution in [2.24, 2.45) is 17.8 Å². The Hall–Kier alpha value is -1.66. The van der Waals surface area contributed by atoms with Crippen molar-refractivity contribution in [3.8, 4) is 0 Å². The van der Waals surface area contributed by atoms with E-state index in [9.17, 15) is 87.1 Å². The van der Waals surface area contributed by atoms with E-state index < -0.39 is 112 Å². The maximum absolute atomic E-state index is 12.9. The van der Waals surface area contributed by atoms with E-state index in [1.165, 1.54) is 0 Å². The van der Waals surface area contributed by atoms with Crippen LogP contribution >= 0.6 is 22.8 Å². The molecule has 0 saturated heterocycles. The molecule has 0 saturated carbocycles. The van der Waals surface area contributed by atoms with Gasteiger partial charge in [0.05, 0.1) is 54.2 Å². The number of nitrogens with one attached hydrogen (secondary N) is 9. The molecule has 0 bridgehead atoms. The Morgan fingerprint density at radius 1 is 0.396 bits per heavy atom. The number of amides is 3. The Morgan fingerprint density at radius 2 is 0.615 bits per heavy atom. The number of aliphatic carboxylic acids is 3. The van der Waals surface area contributed by atoms with Gasteiger partial charge in [-0.2, -0.15) is 0 Å². The molecular formula is C63H93K3N9O18P3. The van der Waals surface area contributed by atoms with Gasteiger partial charge in [0.2, 0.25) is 17.7 Å². The van der Waals surface area contributed by atoms with Crippen LogP contribution in [0.2, 0.25) is 0 Å². The van der Waals surface area contributed by atoms with Gasteiger partial charge < -0.3 is 90.0 Å². The predicted octanol–water partition coefficient (Wildman–Crippen LogP) is -5.23. The summed E-state index contributed by atoms with van der Waals surface area (Å²) in [6, 6.07) is 15.5. The summed E-state index contributed by atoms with van der Waals surface area (Å²) < 4.78 is 35.5. The van der Waals surface area contributed by atoms with E-state index in [0.717, 1.165) is 49.4 Å². The summed E-state index contributed by atoms with van der Waals surface area (Å²) in [5.41, 5.74) is 4.71. The fourth-order valence-corrected chi connectivity index (χ4v) is 13.6. The monoisotopic (exact) mass is 1470 g/mol. The smallest absolute Gasteiger partial charge is 0.548 e. The van der Waals surface area contributed by atoms with Crippen molar-refractivity contribution in [3.63, 3.8) is 0 Å². The van der Waals surface area contributed by atoms with Crippen LogP contribution in [-0.2, 0) is 61.7 Å². The minimum Gasteiger partial charge on any atom is -0.548 e. The molecule has 0 spiro atoms. The first kappa shape index (κ1) is 92.3. The largest absolute Gasteiger partial charge is 1.00 e. The number of carbonyl (C=O) groups excluding carboxylic acids is 6. The number of carbonyl (C=O) groups is 6. The zero-order valence-electron chi connectivity index (χ0n) is 57.0. The molecule has 96 heavy (non-hydrogen) atoms. The topological polar surface area (TPSA) is 464 Å². The van der Waals surface area contributed by atoms with E-state index >= 15 is 0 Å². The molecule has 3 aromatic carbocycles. The molecule has 516 valence electrons. The van der Waals surface area contributed by atoms with Crippen LogP contribution in [0.4, 0.5) is 0 Å². The standard InChI is InChI=1S/3C21H32N3O6P.3K/c3*1-4-7-19(31(28,29)30)23-17(10-13(2)3)20(25)24-18(21(26)27)11-14-12-22-16-9-6-5-8-15(14)16;;;/h3*5-6,8-9,12-13,17-19,22-23H,4,7,10-11H2,1-3H3,(H,24,25)(H,26,27)(H2,28,29,30);;;/q;;;3*+1/p-3/t3*17-,18-,19?;;;/m000.../s1. The quantitative estimate of drug-likeness (QED) is 0.0129. The fraction of sp³-hybridized carbons (Fsp3) is 0.524. The van der Waals surface area contributed by atoms with Crippen LogP contribution in [0.15, 0.2) is 91.4 Å². The number of hydrogen-bond acceptors (Lipinski definition) is 15. The summed E-state index contributed by atoms with van der Waals surface area (Å²) in [5.74, 6) is -9.59. The second-order valence-electron chi connectivity index (χ2n) is 24.6. The van der Waals surface area contributed by atoms with Crippen LogP contribution in [0.5, 0.6) is 0 Å². The molecule has 0 aliphatic carbocycles. The number of carboxylic acids is 3. The maximum atomic E-state index is 12.9. The van der Waals surface area contributed by atoms with Crippen LogP contribution in [0.25, 0.3) is 32.7 Å². The molecule has 3 heterocycles. The number of carboxylic acid groups (broad SMARTS) is 3. The molecule has 0 fully saturated rings. The van der Waals surface area contributed by atoms with Gasteiger partial charge in [-0.25, -0.2) is 0 Å². The molecule has 3 aromatic heterocycles. The number of benzene rings is 3. The first-order valence-corrected chi connectivity index (χ1v) is 36.2. The van der Waals surface area contributed by atoms with Crippen molar-refractivity contribution in [2.45, 2.75) is 193 Å². The first-order chi connectivity index (χ1) is 43.6. The van der Waals surface area contributed by atoms with Crippen molar-refractivity contribution >= 4 is 91.1 Å². The summed E-state index contributed by atoms with van der Waals surface area (Å²) in [7, 11) is -13.4. The van der Waals surface area contributed by atoms with Crippen LogP contribution in [-0.4, -0.2) is 134 Å². The average Bonchev–Trinajstić information content (AvgIpc) is 1.65. The minimum atomic E-state index is -4.48.